The van der Waals surface area contributed by atoms with Gasteiger partial charge in [-0.15, -0.1) is 0 Å². The summed E-state index contributed by atoms with van der Waals surface area (Å²) in [5.74, 6) is -0.260. The normalized spacial score (nSPS) is 10.4. The molecule has 1 heterocycles. The second-order valence-corrected chi connectivity index (χ2v) is 6.28. The number of amides is 3. The van der Waals surface area contributed by atoms with E-state index >= 15 is 0 Å². The van der Waals surface area contributed by atoms with Crippen molar-refractivity contribution < 1.29 is 9.59 Å². The van der Waals surface area contributed by atoms with Crippen LogP contribution in [0.4, 0.5) is 10.5 Å². The molecule has 0 aliphatic carbocycles. The fourth-order valence-corrected chi connectivity index (χ4v) is 2.52. The van der Waals surface area contributed by atoms with Gasteiger partial charge < -0.3 is 16.0 Å². The number of hydrogen-bond acceptors (Lipinski definition) is 3. The second kappa shape index (κ2) is 9.82. The number of aromatic nitrogens is 2. The summed E-state index contributed by atoms with van der Waals surface area (Å²) in [5.41, 5.74) is 1.75. The van der Waals surface area contributed by atoms with Crippen LogP contribution in [-0.2, 0) is 13.1 Å². The van der Waals surface area contributed by atoms with Gasteiger partial charge in [-0.2, -0.15) is 5.10 Å². The van der Waals surface area contributed by atoms with Gasteiger partial charge in [0.1, 0.15) is 0 Å². The molecule has 3 N–H and O–H groups in total. The van der Waals surface area contributed by atoms with Crippen molar-refractivity contribution in [3.63, 3.8) is 0 Å². The van der Waals surface area contributed by atoms with E-state index in [1.807, 2.05) is 17.8 Å². The highest BCUT2D eigenvalue weighted by atomic mass is 35.5. The first-order valence-corrected chi connectivity index (χ1v) is 9.05. The van der Waals surface area contributed by atoms with Gasteiger partial charge in [-0.25, -0.2) is 4.79 Å². The van der Waals surface area contributed by atoms with Crippen molar-refractivity contribution in [3.8, 4) is 0 Å². The molecule has 1 aromatic heterocycles. The Balaban J connectivity index is 1.92. The number of nitrogens with zero attached hydrogens (tertiary/aromatic N) is 2. The molecule has 0 atom stereocenters. The molecule has 0 radical (unpaired) electrons. The average molecular weight is 378 g/mol. The fraction of sp³-hybridized carbons (Fsp3) is 0.389. The first kappa shape index (κ1) is 19.8. The van der Waals surface area contributed by atoms with E-state index in [0.29, 0.717) is 29.4 Å². The van der Waals surface area contributed by atoms with Crippen molar-refractivity contribution in [2.75, 3.05) is 11.9 Å². The quantitative estimate of drug-likeness (QED) is 0.658. The van der Waals surface area contributed by atoms with Crippen LogP contribution < -0.4 is 16.0 Å². The van der Waals surface area contributed by atoms with E-state index in [9.17, 15) is 9.59 Å². The van der Waals surface area contributed by atoms with Crippen LogP contribution in [0.15, 0.2) is 30.6 Å². The molecule has 0 saturated heterocycles. The highest BCUT2D eigenvalue weighted by Crippen LogP contribution is 2.20. The van der Waals surface area contributed by atoms with Crippen molar-refractivity contribution >= 4 is 29.2 Å². The summed E-state index contributed by atoms with van der Waals surface area (Å²) in [7, 11) is 0. The first-order valence-electron chi connectivity index (χ1n) is 8.67. The standard InChI is InChI=1S/C18H24ClN5O2/c1-3-7-20-17(25)15-9-14(5-6-16(15)19)23-18(26)21-10-13-11-22-24(12-13)8-4-2/h5-6,9,11-12H,3-4,7-8,10H2,1-2H3,(H,20,25)(H2,21,23,26). The summed E-state index contributed by atoms with van der Waals surface area (Å²) >= 11 is 6.08. The average Bonchev–Trinajstić information content (AvgIpc) is 3.07. The van der Waals surface area contributed by atoms with E-state index in [1.54, 1.807) is 24.4 Å². The number of carbonyl (C=O) groups is 2. The Morgan fingerprint density at radius 2 is 2.00 bits per heavy atom. The van der Waals surface area contributed by atoms with Crippen LogP contribution in [0.1, 0.15) is 42.6 Å². The molecule has 0 bridgehead atoms. The van der Waals surface area contributed by atoms with E-state index in [4.69, 9.17) is 11.6 Å². The summed E-state index contributed by atoms with van der Waals surface area (Å²) < 4.78 is 1.84. The number of urea groups is 1. The number of rotatable bonds is 8. The third-order valence-electron chi connectivity index (χ3n) is 3.60. The van der Waals surface area contributed by atoms with Crippen LogP contribution in [0.3, 0.4) is 0 Å². The first-order chi connectivity index (χ1) is 12.5. The van der Waals surface area contributed by atoms with E-state index in [1.165, 1.54) is 0 Å². The molecule has 0 aliphatic heterocycles. The highest BCUT2D eigenvalue weighted by Gasteiger charge is 2.12. The highest BCUT2D eigenvalue weighted by molar-refractivity contribution is 6.34. The molecule has 2 rings (SSSR count). The molecule has 0 unspecified atom stereocenters. The number of carbonyl (C=O) groups excluding carboxylic acids is 2. The Morgan fingerprint density at radius 3 is 2.73 bits per heavy atom. The molecule has 2 aromatic rings. The second-order valence-electron chi connectivity index (χ2n) is 5.87. The Labute approximate surface area is 158 Å². The van der Waals surface area contributed by atoms with E-state index in [-0.39, 0.29) is 11.9 Å². The molecule has 0 aliphatic rings. The van der Waals surface area contributed by atoms with Crippen molar-refractivity contribution in [3.05, 3.63) is 46.7 Å². The maximum atomic E-state index is 12.1. The maximum absolute atomic E-state index is 12.1. The number of nitrogens with one attached hydrogen (secondary N) is 3. The summed E-state index contributed by atoms with van der Waals surface area (Å²) in [6, 6.07) is 4.44. The van der Waals surface area contributed by atoms with Crippen LogP contribution in [0.25, 0.3) is 0 Å². The lowest BCUT2D eigenvalue weighted by atomic mass is 10.2. The molecular formula is C18H24ClN5O2. The molecule has 140 valence electrons. The maximum Gasteiger partial charge on any atom is 0.319 e. The van der Waals surface area contributed by atoms with E-state index in [0.717, 1.165) is 24.9 Å². The number of anilines is 1. The smallest absolute Gasteiger partial charge is 0.319 e. The zero-order valence-electron chi connectivity index (χ0n) is 15.0. The van der Waals surface area contributed by atoms with Crippen molar-refractivity contribution in [1.82, 2.24) is 20.4 Å². The van der Waals surface area contributed by atoms with Gasteiger partial charge in [-0.05, 0) is 31.0 Å². The summed E-state index contributed by atoms with van der Waals surface area (Å²) in [6.45, 7) is 5.83. The number of benzene rings is 1. The summed E-state index contributed by atoms with van der Waals surface area (Å²) in [6.07, 6.45) is 5.47. The SMILES string of the molecule is CCCNC(=O)c1cc(NC(=O)NCc2cnn(CCC)c2)ccc1Cl. The Kier molecular flexibility index (Phi) is 7.47. The third-order valence-corrected chi connectivity index (χ3v) is 3.93. The van der Waals surface area contributed by atoms with Crippen LogP contribution in [-0.4, -0.2) is 28.3 Å². The monoisotopic (exact) mass is 377 g/mol. The van der Waals surface area contributed by atoms with E-state index in [2.05, 4.69) is 28.0 Å². The molecular weight excluding hydrogens is 354 g/mol. The minimum atomic E-state index is -0.365. The Morgan fingerprint density at radius 1 is 1.19 bits per heavy atom. The summed E-state index contributed by atoms with van der Waals surface area (Å²) in [5, 5.41) is 12.8. The largest absolute Gasteiger partial charge is 0.352 e. The van der Waals surface area contributed by atoms with Crippen LogP contribution >= 0.6 is 11.6 Å². The van der Waals surface area contributed by atoms with Crippen molar-refractivity contribution in [2.45, 2.75) is 39.8 Å². The molecule has 0 fully saturated rings. The van der Waals surface area contributed by atoms with E-state index < -0.39 is 0 Å². The van der Waals surface area contributed by atoms with Gasteiger partial charge in [0.05, 0.1) is 16.8 Å². The number of halogens is 1. The topological polar surface area (TPSA) is 88.1 Å². The van der Waals surface area contributed by atoms with Gasteiger partial charge in [-0.1, -0.05) is 25.4 Å². The van der Waals surface area contributed by atoms with Crippen LogP contribution in [0.5, 0.6) is 0 Å². The molecule has 8 heteroatoms. The lowest BCUT2D eigenvalue weighted by molar-refractivity contribution is 0.0954. The lowest BCUT2D eigenvalue weighted by Crippen LogP contribution is -2.28. The van der Waals surface area contributed by atoms with Gasteiger partial charge in [0.25, 0.3) is 5.91 Å². The molecule has 0 spiro atoms. The Hall–Kier alpha value is -2.54. The fourth-order valence-electron chi connectivity index (χ4n) is 2.32. The lowest BCUT2D eigenvalue weighted by Gasteiger charge is -2.10. The minimum absolute atomic E-state index is 0.260. The predicted octanol–water partition coefficient (Wildman–Crippen LogP) is 3.41. The van der Waals surface area contributed by atoms with Crippen LogP contribution in [0.2, 0.25) is 5.02 Å². The molecule has 0 saturated carbocycles. The van der Waals surface area contributed by atoms with Gasteiger partial charge in [0.15, 0.2) is 0 Å². The number of hydrogen-bond donors (Lipinski definition) is 3. The van der Waals surface area contributed by atoms with Gasteiger partial charge in [0.2, 0.25) is 0 Å². The van der Waals surface area contributed by atoms with Crippen molar-refractivity contribution in [2.24, 2.45) is 0 Å². The van der Waals surface area contributed by atoms with Crippen molar-refractivity contribution in [1.29, 1.82) is 0 Å². The van der Waals surface area contributed by atoms with Gasteiger partial charge in [-0.3, -0.25) is 9.48 Å². The zero-order valence-corrected chi connectivity index (χ0v) is 15.8. The zero-order chi connectivity index (χ0) is 18.9. The van der Waals surface area contributed by atoms with Gasteiger partial charge >= 0.3 is 6.03 Å². The van der Waals surface area contributed by atoms with Crippen LogP contribution in [0, 0.1) is 0 Å². The Bertz CT molecular complexity index is 760. The molecule has 3 amide bonds. The van der Waals surface area contributed by atoms with Gasteiger partial charge in [0, 0.05) is 37.1 Å². The molecule has 7 nitrogen and oxygen atoms in total. The number of aryl methyl sites for hydroxylation is 1. The predicted molar refractivity (Wildman–Crippen MR) is 102 cm³/mol. The minimum Gasteiger partial charge on any atom is -0.352 e. The third kappa shape index (κ3) is 5.77. The summed E-state index contributed by atoms with van der Waals surface area (Å²) in [4.78, 5) is 24.2. The molecule has 26 heavy (non-hydrogen) atoms. The molecule has 1 aromatic carbocycles.